The van der Waals surface area contributed by atoms with Crippen LogP contribution in [0.4, 0.5) is 0 Å². The summed E-state index contributed by atoms with van der Waals surface area (Å²) in [6.45, 7) is 2.23. The highest BCUT2D eigenvalue weighted by atomic mass is 35.5. The average Bonchev–Trinajstić information content (AvgIpc) is 2.83. The Hall–Kier alpha value is -0.790. The summed E-state index contributed by atoms with van der Waals surface area (Å²) in [5, 5.41) is 4.35. The van der Waals surface area contributed by atoms with E-state index in [0.717, 1.165) is 0 Å². The third kappa shape index (κ3) is 2.80. The van der Waals surface area contributed by atoms with Crippen molar-refractivity contribution in [3.63, 3.8) is 0 Å². The number of piperazine rings is 1. The maximum atomic E-state index is 12.4. The van der Waals surface area contributed by atoms with Crippen LogP contribution in [0.15, 0.2) is 33.8 Å². The molecule has 0 radical (unpaired) electrons. The van der Waals surface area contributed by atoms with Crippen LogP contribution in [0.5, 0.6) is 0 Å². The molecule has 110 valence electrons. The first-order chi connectivity index (χ1) is 9.07. The lowest BCUT2D eigenvalue weighted by molar-refractivity contribution is 0.347. The molecule has 0 spiro atoms. The van der Waals surface area contributed by atoms with Gasteiger partial charge in [-0.05, 0) is 18.2 Å². The van der Waals surface area contributed by atoms with Crippen LogP contribution in [-0.4, -0.2) is 38.9 Å². The van der Waals surface area contributed by atoms with Crippen molar-refractivity contribution in [3.8, 4) is 0 Å². The van der Waals surface area contributed by atoms with Crippen LogP contribution in [0.1, 0.15) is 0 Å². The number of rotatable bonds is 2. The maximum Gasteiger partial charge on any atom is 0.276 e. The van der Waals surface area contributed by atoms with E-state index in [1.54, 1.807) is 18.2 Å². The highest BCUT2D eigenvalue weighted by molar-refractivity contribution is 7.89. The quantitative estimate of drug-likeness (QED) is 0.912. The van der Waals surface area contributed by atoms with Crippen molar-refractivity contribution in [1.82, 2.24) is 9.62 Å². The first-order valence-corrected chi connectivity index (χ1v) is 7.79. The van der Waals surface area contributed by atoms with Gasteiger partial charge in [-0.2, -0.15) is 4.31 Å². The molecule has 1 aliphatic rings. The smallest absolute Gasteiger partial charge is 0.276 e. The predicted molar refractivity (Wildman–Crippen MR) is 80.1 cm³/mol. The van der Waals surface area contributed by atoms with Gasteiger partial charge in [-0.15, -0.1) is 12.4 Å². The van der Waals surface area contributed by atoms with E-state index in [2.05, 4.69) is 5.32 Å². The van der Waals surface area contributed by atoms with E-state index in [0.29, 0.717) is 42.2 Å². The zero-order valence-electron chi connectivity index (χ0n) is 10.5. The second-order valence-corrected chi connectivity index (χ2v) is 6.71. The van der Waals surface area contributed by atoms with Gasteiger partial charge in [0.1, 0.15) is 5.58 Å². The minimum Gasteiger partial charge on any atom is -0.443 e. The molecule has 0 saturated carbocycles. The maximum absolute atomic E-state index is 12.4. The average molecular weight is 337 g/mol. The summed E-state index contributed by atoms with van der Waals surface area (Å²) in [5.74, 6) is 0. The van der Waals surface area contributed by atoms with Gasteiger partial charge in [0.15, 0.2) is 0 Å². The molecule has 0 bridgehead atoms. The van der Waals surface area contributed by atoms with Crippen LogP contribution in [0, 0.1) is 0 Å². The topological polar surface area (TPSA) is 62.6 Å². The lowest BCUT2D eigenvalue weighted by atomic mass is 10.3. The van der Waals surface area contributed by atoms with Gasteiger partial charge in [-0.25, -0.2) is 8.42 Å². The van der Waals surface area contributed by atoms with E-state index in [-0.39, 0.29) is 17.5 Å². The lowest BCUT2D eigenvalue weighted by Crippen LogP contribution is -2.46. The normalized spacial score (nSPS) is 17.1. The van der Waals surface area contributed by atoms with Crippen molar-refractivity contribution < 1.29 is 12.8 Å². The van der Waals surface area contributed by atoms with Gasteiger partial charge in [0.25, 0.3) is 10.0 Å². The molecule has 3 rings (SSSR count). The summed E-state index contributed by atoms with van der Waals surface area (Å²) in [6, 6.07) is 6.57. The minimum atomic E-state index is -3.55. The lowest BCUT2D eigenvalue weighted by Gasteiger charge is -2.25. The molecule has 1 aliphatic heterocycles. The third-order valence-corrected chi connectivity index (χ3v) is 5.12. The van der Waals surface area contributed by atoms with Crippen molar-refractivity contribution in [2.45, 2.75) is 5.09 Å². The molecule has 2 heterocycles. The van der Waals surface area contributed by atoms with E-state index >= 15 is 0 Å². The zero-order chi connectivity index (χ0) is 13.5. The molecule has 1 fully saturated rings. The minimum absolute atomic E-state index is 0. The van der Waals surface area contributed by atoms with E-state index < -0.39 is 10.0 Å². The molecule has 0 aliphatic carbocycles. The molecule has 0 unspecified atom stereocenters. The molecule has 8 heteroatoms. The van der Waals surface area contributed by atoms with Crippen LogP contribution < -0.4 is 5.32 Å². The fraction of sp³-hybridized carbons (Fsp3) is 0.333. The molecular weight excluding hydrogens is 323 g/mol. The molecule has 0 atom stereocenters. The molecule has 2 aromatic rings. The number of hydrogen-bond donors (Lipinski definition) is 1. The second-order valence-electron chi connectivity index (χ2n) is 4.40. The first kappa shape index (κ1) is 15.6. The van der Waals surface area contributed by atoms with Gasteiger partial charge in [-0.1, -0.05) is 11.6 Å². The standard InChI is InChI=1S/C12H13ClN2O3S.ClH/c13-10-1-2-11-9(7-10)8-12(18-11)19(16,17)15-5-3-14-4-6-15;/h1-2,7-8,14H,3-6H2;1H. The third-order valence-electron chi connectivity index (χ3n) is 3.13. The van der Waals surface area contributed by atoms with Crippen molar-refractivity contribution in [3.05, 3.63) is 29.3 Å². The predicted octanol–water partition coefficient (Wildman–Crippen LogP) is 2.10. The Labute approximate surface area is 128 Å². The highest BCUT2D eigenvalue weighted by Crippen LogP contribution is 2.27. The molecular formula is C12H14Cl2N2O3S. The van der Waals surface area contributed by atoms with Crippen LogP contribution in [0.3, 0.4) is 0 Å². The number of benzene rings is 1. The number of nitrogens with one attached hydrogen (secondary N) is 1. The van der Waals surface area contributed by atoms with E-state index in [1.165, 1.54) is 10.4 Å². The van der Waals surface area contributed by atoms with Gasteiger partial charge in [0, 0.05) is 42.7 Å². The monoisotopic (exact) mass is 336 g/mol. The number of furan rings is 1. The molecule has 1 N–H and O–H groups in total. The van der Waals surface area contributed by atoms with Crippen LogP contribution in [0.2, 0.25) is 5.02 Å². The van der Waals surface area contributed by atoms with Crippen molar-refractivity contribution in [2.24, 2.45) is 0 Å². The van der Waals surface area contributed by atoms with Crippen LogP contribution in [0.25, 0.3) is 11.0 Å². The Morgan fingerprint density at radius 2 is 1.90 bits per heavy atom. The summed E-state index contributed by atoms with van der Waals surface area (Å²) in [5.41, 5.74) is 0.526. The van der Waals surface area contributed by atoms with Crippen molar-refractivity contribution >= 4 is 45.0 Å². The molecule has 1 aromatic heterocycles. The summed E-state index contributed by atoms with van der Waals surface area (Å²) in [7, 11) is -3.55. The Balaban J connectivity index is 0.00000147. The molecule has 1 aromatic carbocycles. The summed E-state index contributed by atoms with van der Waals surface area (Å²) >= 11 is 5.88. The van der Waals surface area contributed by atoms with Crippen molar-refractivity contribution in [1.29, 1.82) is 0 Å². The number of halogens is 2. The van der Waals surface area contributed by atoms with Crippen LogP contribution >= 0.6 is 24.0 Å². The molecule has 5 nitrogen and oxygen atoms in total. The zero-order valence-corrected chi connectivity index (χ0v) is 12.9. The van der Waals surface area contributed by atoms with Gasteiger partial charge in [0.05, 0.1) is 0 Å². The Morgan fingerprint density at radius 3 is 2.60 bits per heavy atom. The van der Waals surface area contributed by atoms with E-state index in [1.807, 2.05) is 0 Å². The number of sulfonamides is 1. The SMILES string of the molecule is Cl.O=S(=O)(c1cc2cc(Cl)ccc2o1)N1CCNCC1. The van der Waals surface area contributed by atoms with E-state index in [9.17, 15) is 8.42 Å². The van der Waals surface area contributed by atoms with Gasteiger partial charge >= 0.3 is 0 Å². The highest BCUT2D eigenvalue weighted by Gasteiger charge is 2.29. The van der Waals surface area contributed by atoms with Crippen LogP contribution in [-0.2, 0) is 10.0 Å². The second kappa shape index (κ2) is 5.91. The number of hydrogen-bond acceptors (Lipinski definition) is 4. The Morgan fingerprint density at radius 1 is 1.20 bits per heavy atom. The first-order valence-electron chi connectivity index (χ1n) is 5.97. The van der Waals surface area contributed by atoms with Gasteiger partial charge in [0.2, 0.25) is 5.09 Å². The molecule has 1 saturated heterocycles. The van der Waals surface area contributed by atoms with E-state index in [4.69, 9.17) is 16.0 Å². The number of fused-ring (bicyclic) bond motifs is 1. The molecule has 20 heavy (non-hydrogen) atoms. The fourth-order valence-corrected chi connectivity index (χ4v) is 3.70. The van der Waals surface area contributed by atoms with Gasteiger partial charge in [-0.3, -0.25) is 0 Å². The van der Waals surface area contributed by atoms with Gasteiger partial charge < -0.3 is 9.73 Å². The number of nitrogens with zero attached hydrogens (tertiary/aromatic N) is 1. The Bertz CT molecular complexity index is 709. The fourth-order valence-electron chi connectivity index (χ4n) is 2.13. The Kier molecular flexibility index (Phi) is 4.61. The molecule has 0 amide bonds. The summed E-state index contributed by atoms with van der Waals surface area (Å²) in [4.78, 5) is 0. The summed E-state index contributed by atoms with van der Waals surface area (Å²) < 4.78 is 31.7. The largest absolute Gasteiger partial charge is 0.443 e. The summed E-state index contributed by atoms with van der Waals surface area (Å²) in [6.07, 6.45) is 0. The van der Waals surface area contributed by atoms with Crippen molar-refractivity contribution in [2.75, 3.05) is 26.2 Å².